The van der Waals surface area contributed by atoms with Crippen molar-refractivity contribution in [1.29, 1.82) is 0 Å². The zero-order chi connectivity index (χ0) is 11.8. The quantitative estimate of drug-likeness (QED) is 0.844. The van der Waals surface area contributed by atoms with Crippen LogP contribution in [0.3, 0.4) is 0 Å². The summed E-state index contributed by atoms with van der Waals surface area (Å²) in [6.45, 7) is 8.08. The molecule has 2 rings (SSSR count). The Labute approximate surface area is 101 Å². The Morgan fingerprint density at radius 1 is 1.44 bits per heavy atom. The molecular weight excluding hydrogens is 220 g/mol. The van der Waals surface area contributed by atoms with Gasteiger partial charge in [0.25, 0.3) is 0 Å². The second-order valence-electron chi connectivity index (χ2n) is 5.73. The lowest BCUT2D eigenvalue weighted by Gasteiger charge is -2.13. The van der Waals surface area contributed by atoms with Crippen molar-refractivity contribution in [3.8, 4) is 0 Å². The van der Waals surface area contributed by atoms with Crippen molar-refractivity contribution in [2.75, 3.05) is 18.4 Å². The number of nitrogens with two attached hydrogens (primary N) is 1. The summed E-state index contributed by atoms with van der Waals surface area (Å²) in [6.07, 6.45) is 2.48. The first kappa shape index (κ1) is 11.8. The first-order chi connectivity index (χ1) is 7.45. The first-order valence-corrected chi connectivity index (χ1v) is 6.51. The highest BCUT2D eigenvalue weighted by Crippen LogP contribution is 2.44. The topological polar surface area (TPSA) is 63.8 Å². The van der Waals surface area contributed by atoms with Gasteiger partial charge in [0.1, 0.15) is 5.82 Å². The summed E-state index contributed by atoms with van der Waals surface area (Å²) in [5.74, 6) is 0.914. The number of hydrogen-bond acceptors (Lipinski definition) is 5. The third kappa shape index (κ3) is 2.52. The van der Waals surface area contributed by atoms with Crippen LogP contribution in [0, 0.1) is 5.41 Å². The third-order valence-corrected chi connectivity index (χ3v) is 3.77. The Bertz CT molecular complexity index is 362. The number of rotatable bonds is 4. The normalized spacial score (nSPS) is 18.5. The van der Waals surface area contributed by atoms with E-state index in [2.05, 4.69) is 35.4 Å². The van der Waals surface area contributed by atoms with Crippen molar-refractivity contribution < 1.29 is 0 Å². The van der Waals surface area contributed by atoms with Crippen molar-refractivity contribution in [2.45, 2.75) is 39.0 Å². The highest BCUT2D eigenvalue weighted by atomic mass is 32.1. The Morgan fingerprint density at radius 2 is 2.12 bits per heavy atom. The van der Waals surface area contributed by atoms with E-state index in [0.717, 1.165) is 24.0 Å². The number of nitrogens with one attached hydrogen (secondary N) is 1. The van der Waals surface area contributed by atoms with Gasteiger partial charge in [0.15, 0.2) is 0 Å². The van der Waals surface area contributed by atoms with Gasteiger partial charge in [-0.1, -0.05) is 20.8 Å². The molecule has 0 atom stereocenters. The summed E-state index contributed by atoms with van der Waals surface area (Å²) < 4.78 is 4.37. The molecule has 0 unspecified atom stereocenters. The molecule has 90 valence electrons. The van der Waals surface area contributed by atoms with Gasteiger partial charge in [-0.25, -0.2) is 4.98 Å². The lowest BCUT2D eigenvalue weighted by atomic mass is 9.96. The van der Waals surface area contributed by atoms with Crippen LogP contribution in [-0.4, -0.2) is 22.4 Å². The van der Waals surface area contributed by atoms with Gasteiger partial charge in [-0.3, -0.25) is 0 Å². The standard InChI is InChI=1S/C11H20N4S/c1-10(2,3)8-14-9(16-15-8)13-7-11(6-12)4-5-11/h4-7,12H2,1-3H3,(H,13,14,15). The van der Waals surface area contributed by atoms with Crippen molar-refractivity contribution in [1.82, 2.24) is 9.36 Å². The molecule has 5 heteroatoms. The van der Waals surface area contributed by atoms with Gasteiger partial charge in [0.05, 0.1) is 0 Å². The van der Waals surface area contributed by atoms with Crippen LogP contribution in [0.15, 0.2) is 0 Å². The fourth-order valence-electron chi connectivity index (χ4n) is 1.49. The molecule has 1 fully saturated rings. The lowest BCUT2D eigenvalue weighted by Crippen LogP contribution is -2.24. The number of nitrogens with zero attached hydrogens (tertiary/aromatic N) is 2. The van der Waals surface area contributed by atoms with Crippen LogP contribution in [-0.2, 0) is 5.41 Å². The summed E-state index contributed by atoms with van der Waals surface area (Å²) in [6, 6.07) is 0. The van der Waals surface area contributed by atoms with Crippen LogP contribution in [0.25, 0.3) is 0 Å². The van der Waals surface area contributed by atoms with E-state index >= 15 is 0 Å². The van der Waals surface area contributed by atoms with Crippen LogP contribution >= 0.6 is 11.5 Å². The largest absolute Gasteiger partial charge is 0.360 e. The molecule has 0 saturated heterocycles. The Kier molecular flexibility index (Phi) is 2.92. The Morgan fingerprint density at radius 3 is 2.56 bits per heavy atom. The average molecular weight is 240 g/mol. The molecule has 1 aromatic rings. The van der Waals surface area contributed by atoms with Gasteiger partial charge in [0, 0.05) is 23.5 Å². The maximum Gasteiger partial charge on any atom is 0.202 e. The van der Waals surface area contributed by atoms with Crippen LogP contribution in [0.5, 0.6) is 0 Å². The highest BCUT2D eigenvalue weighted by Gasteiger charge is 2.41. The molecule has 0 aromatic carbocycles. The molecule has 16 heavy (non-hydrogen) atoms. The summed E-state index contributed by atoms with van der Waals surface area (Å²) in [5, 5.41) is 4.28. The Hall–Kier alpha value is -0.680. The number of anilines is 1. The molecule has 0 radical (unpaired) electrons. The highest BCUT2D eigenvalue weighted by molar-refractivity contribution is 7.09. The van der Waals surface area contributed by atoms with Crippen LogP contribution in [0.1, 0.15) is 39.4 Å². The number of aromatic nitrogens is 2. The van der Waals surface area contributed by atoms with Crippen molar-refractivity contribution in [2.24, 2.45) is 11.1 Å². The Balaban J connectivity index is 1.93. The average Bonchev–Trinajstić information content (AvgIpc) is 2.83. The lowest BCUT2D eigenvalue weighted by molar-refractivity contribution is 0.548. The number of hydrogen-bond donors (Lipinski definition) is 2. The van der Waals surface area contributed by atoms with Crippen LogP contribution in [0.4, 0.5) is 5.13 Å². The van der Waals surface area contributed by atoms with Crippen molar-refractivity contribution in [3.63, 3.8) is 0 Å². The fraction of sp³-hybridized carbons (Fsp3) is 0.818. The molecule has 4 nitrogen and oxygen atoms in total. The monoisotopic (exact) mass is 240 g/mol. The van der Waals surface area contributed by atoms with E-state index in [1.54, 1.807) is 0 Å². The fourth-order valence-corrected chi connectivity index (χ4v) is 2.24. The first-order valence-electron chi connectivity index (χ1n) is 5.73. The second kappa shape index (κ2) is 3.96. The van der Waals surface area contributed by atoms with Crippen LogP contribution in [0.2, 0.25) is 0 Å². The molecule has 0 aliphatic heterocycles. The van der Waals surface area contributed by atoms with E-state index in [1.807, 2.05) is 0 Å². The van der Waals surface area contributed by atoms with Gasteiger partial charge < -0.3 is 11.1 Å². The van der Waals surface area contributed by atoms with E-state index in [-0.39, 0.29) is 5.41 Å². The van der Waals surface area contributed by atoms with Gasteiger partial charge in [-0.2, -0.15) is 4.37 Å². The predicted octanol–water partition coefficient (Wildman–Crippen LogP) is 1.99. The van der Waals surface area contributed by atoms with E-state index in [1.165, 1.54) is 24.4 Å². The molecule has 1 aromatic heterocycles. The molecule has 1 aliphatic carbocycles. The van der Waals surface area contributed by atoms with Gasteiger partial charge in [-0.15, -0.1) is 0 Å². The third-order valence-electron chi connectivity index (χ3n) is 3.10. The predicted molar refractivity (Wildman–Crippen MR) is 67.8 cm³/mol. The summed E-state index contributed by atoms with van der Waals surface area (Å²) in [7, 11) is 0. The van der Waals surface area contributed by atoms with E-state index in [4.69, 9.17) is 5.73 Å². The molecule has 0 bridgehead atoms. The molecular formula is C11H20N4S. The van der Waals surface area contributed by atoms with Crippen LogP contribution < -0.4 is 11.1 Å². The molecule has 0 amide bonds. The second-order valence-corrected chi connectivity index (χ2v) is 6.48. The van der Waals surface area contributed by atoms with Gasteiger partial charge >= 0.3 is 0 Å². The summed E-state index contributed by atoms with van der Waals surface area (Å²) in [4.78, 5) is 4.50. The van der Waals surface area contributed by atoms with E-state index in [0.29, 0.717) is 5.41 Å². The molecule has 1 aliphatic rings. The van der Waals surface area contributed by atoms with Gasteiger partial charge in [0.2, 0.25) is 5.13 Å². The molecule has 1 saturated carbocycles. The maximum absolute atomic E-state index is 5.73. The van der Waals surface area contributed by atoms with Gasteiger partial charge in [-0.05, 0) is 24.8 Å². The summed E-state index contributed by atoms with van der Waals surface area (Å²) in [5.41, 5.74) is 6.10. The minimum Gasteiger partial charge on any atom is -0.360 e. The molecule has 3 N–H and O–H groups in total. The minimum absolute atomic E-state index is 0.0293. The minimum atomic E-state index is 0.0293. The van der Waals surface area contributed by atoms with Crippen molar-refractivity contribution in [3.05, 3.63) is 5.82 Å². The maximum atomic E-state index is 5.73. The zero-order valence-corrected chi connectivity index (χ0v) is 11.0. The smallest absolute Gasteiger partial charge is 0.202 e. The SMILES string of the molecule is CC(C)(C)c1nsc(NCC2(CN)CC2)n1. The van der Waals surface area contributed by atoms with E-state index in [9.17, 15) is 0 Å². The van der Waals surface area contributed by atoms with E-state index < -0.39 is 0 Å². The molecule has 0 spiro atoms. The molecule has 1 heterocycles. The zero-order valence-electron chi connectivity index (χ0n) is 10.2. The summed E-state index contributed by atoms with van der Waals surface area (Å²) >= 11 is 1.44. The van der Waals surface area contributed by atoms with Crippen molar-refractivity contribution >= 4 is 16.7 Å².